The van der Waals surface area contributed by atoms with E-state index in [-0.39, 0.29) is 5.92 Å². The highest BCUT2D eigenvalue weighted by molar-refractivity contribution is 7.13. The summed E-state index contributed by atoms with van der Waals surface area (Å²) >= 11 is 7.16. The molecule has 0 spiro atoms. The molecule has 0 radical (unpaired) electrons. The van der Waals surface area contributed by atoms with E-state index in [0.717, 1.165) is 5.56 Å². The zero-order chi connectivity index (χ0) is 13.2. The first kappa shape index (κ1) is 14.0. The molecule has 0 aliphatic heterocycles. The number of carboxylic acid groups (broad SMARTS) is 1. The van der Waals surface area contributed by atoms with Crippen molar-refractivity contribution in [3.63, 3.8) is 0 Å². The molecule has 0 fully saturated rings. The highest BCUT2D eigenvalue weighted by Crippen LogP contribution is 2.27. The lowest BCUT2D eigenvalue weighted by Gasteiger charge is -2.17. The molecule has 6 heteroatoms. The van der Waals surface area contributed by atoms with Crippen LogP contribution in [0, 0.1) is 12.8 Å². The van der Waals surface area contributed by atoms with Crippen LogP contribution >= 0.6 is 22.9 Å². The van der Waals surface area contributed by atoms with Crippen molar-refractivity contribution in [2.45, 2.75) is 26.8 Å². The van der Waals surface area contributed by atoms with Gasteiger partial charge in [0.15, 0.2) is 0 Å². The Bertz CT molecular complexity index is 442. The van der Waals surface area contributed by atoms with Gasteiger partial charge in [-0.15, -0.1) is 11.3 Å². The molecule has 0 unspecified atom stereocenters. The predicted molar refractivity (Wildman–Crippen MR) is 67.8 cm³/mol. The number of carbonyl (C=O) groups excluding carboxylic acids is 1. The van der Waals surface area contributed by atoms with Crippen molar-refractivity contribution in [2.24, 2.45) is 5.92 Å². The average molecular weight is 276 g/mol. The van der Waals surface area contributed by atoms with E-state index in [4.69, 9.17) is 16.7 Å². The second-order valence-electron chi connectivity index (χ2n) is 4.10. The summed E-state index contributed by atoms with van der Waals surface area (Å²) in [5, 5.41) is 13.6. The van der Waals surface area contributed by atoms with Crippen LogP contribution in [0.2, 0.25) is 5.02 Å². The Morgan fingerprint density at radius 1 is 1.47 bits per heavy atom. The number of halogens is 1. The van der Waals surface area contributed by atoms with E-state index in [1.54, 1.807) is 26.2 Å². The van der Waals surface area contributed by atoms with E-state index in [1.807, 2.05) is 0 Å². The molecular weight excluding hydrogens is 262 g/mol. The van der Waals surface area contributed by atoms with Crippen LogP contribution in [-0.4, -0.2) is 23.0 Å². The molecule has 0 saturated heterocycles. The van der Waals surface area contributed by atoms with Gasteiger partial charge in [0.05, 0.1) is 5.02 Å². The third kappa shape index (κ3) is 3.20. The molecule has 1 heterocycles. The molecule has 4 nitrogen and oxygen atoms in total. The summed E-state index contributed by atoms with van der Waals surface area (Å²) in [6, 6.07) is -0.902. The van der Waals surface area contributed by atoms with Crippen LogP contribution in [0.1, 0.15) is 29.1 Å². The van der Waals surface area contributed by atoms with Gasteiger partial charge >= 0.3 is 5.97 Å². The van der Waals surface area contributed by atoms with Gasteiger partial charge in [-0.25, -0.2) is 4.79 Å². The second-order valence-corrected chi connectivity index (χ2v) is 5.35. The number of carboxylic acids is 1. The standard InChI is InChI=1S/C11H14ClNO3S/c1-5(2)8(11(15)16)13-10(14)9-7(12)6(3)4-17-9/h4-5,8H,1-3H3,(H,13,14)(H,15,16)/t8-/m1/s1. The van der Waals surface area contributed by atoms with E-state index in [1.165, 1.54) is 11.3 Å². The molecule has 0 aliphatic rings. The molecule has 0 aliphatic carbocycles. The number of hydrogen-bond donors (Lipinski definition) is 2. The van der Waals surface area contributed by atoms with Gasteiger partial charge in [-0.05, 0) is 23.8 Å². The molecule has 2 N–H and O–H groups in total. The van der Waals surface area contributed by atoms with Gasteiger partial charge in [-0.1, -0.05) is 25.4 Å². The molecule has 0 aromatic carbocycles. The Balaban J connectivity index is 2.85. The van der Waals surface area contributed by atoms with Crippen molar-refractivity contribution in [3.05, 3.63) is 20.8 Å². The number of aliphatic carboxylic acids is 1. The Kier molecular flexibility index (Phi) is 4.54. The first-order valence-electron chi connectivity index (χ1n) is 5.11. The molecule has 1 atom stereocenters. The minimum Gasteiger partial charge on any atom is -0.480 e. The summed E-state index contributed by atoms with van der Waals surface area (Å²) in [5.41, 5.74) is 0.818. The average Bonchev–Trinajstić information content (AvgIpc) is 2.55. The summed E-state index contributed by atoms with van der Waals surface area (Å²) in [4.78, 5) is 23.2. The number of amides is 1. The largest absolute Gasteiger partial charge is 0.480 e. The van der Waals surface area contributed by atoms with Crippen LogP contribution in [0.5, 0.6) is 0 Å². The molecule has 1 amide bonds. The molecule has 1 aromatic rings. The molecule has 1 aromatic heterocycles. The summed E-state index contributed by atoms with van der Waals surface area (Å²) < 4.78 is 0. The molecular formula is C11H14ClNO3S. The molecule has 17 heavy (non-hydrogen) atoms. The quantitative estimate of drug-likeness (QED) is 0.887. The van der Waals surface area contributed by atoms with Gasteiger partial charge in [-0.2, -0.15) is 0 Å². The highest BCUT2D eigenvalue weighted by Gasteiger charge is 2.25. The normalized spacial score (nSPS) is 12.5. The van der Waals surface area contributed by atoms with Crippen molar-refractivity contribution < 1.29 is 14.7 Å². The number of rotatable bonds is 4. The molecule has 0 saturated carbocycles. The summed E-state index contributed by atoms with van der Waals surface area (Å²) in [7, 11) is 0. The summed E-state index contributed by atoms with van der Waals surface area (Å²) in [6.07, 6.45) is 0. The SMILES string of the molecule is Cc1csc(C(=O)N[C@@H](C(=O)O)C(C)C)c1Cl. The fourth-order valence-corrected chi connectivity index (χ4v) is 2.48. The van der Waals surface area contributed by atoms with Gasteiger partial charge in [-0.3, -0.25) is 4.79 Å². The number of carbonyl (C=O) groups is 2. The van der Waals surface area contributed by atoms with E-state index in [2.05, 4.69) is 5.32 Å². The van der Waals surface area contributed by atoms with Gasteiger partial charge < -0.3 is 10.4 Å². The third-order valence-corrected chi connectivity index (χ3v) is 4.02. The smallest absolute Gasteiger partial charge is 0.326 e. The zero-order valence-electron chi connectivity index (χ0n) is 9.78. The lowest BCUT2D eigenvalue weighted by molar-refractivity contribution is -0.140. The fraction of sp³-hybridized carbons (Fsp3) is 0.455. The molecule has 1 rings (SSSR count). The number of hydrogen-bond acceptors (Lipinski definition) is 3. The minimum absolute atomic E-state index is 0.184. The van der Waals surface area contributed by atoms with Gasteiger partial charge in [0.25, 0.3) is 5.91 Å². The summed E-state index contributed by atoms with van der Waals surface area (Å²) in [6.45, 7) is 5.27. The number of thiophene rings is 1. The molecule has 0 bridgehead atoms. The molecule has 94 valence electrons. The zero-order valence-corrected chi connectivity index (χ0v) is 11.4. The van der Waals surface area contributed by atoms with E-state index >= 15 is 0 Å². The van der Waals surface area contributed by atoms with Crippen molar-refractivity contribution in [2.75, 3.05) is 0 Å². The Hall–Kier alpha value is -1.07. The predicted octanol–water partition coefficient (Wildman–Crippen LogP) is 2.55. The maximum absolute atomic E-state index is 11.8. The monoisotopic (exact) mass is 275 g/mol. The van der Waals surface area contributed by atoms with Crippen LogP contribution in [0.3, 0.4) is 0 Å². The highest BCUT2D eigenvalue weighted by atomic mass is 35.5. The lowest BCUT2D eigenvalue weighted by Crippen LogP contribution is -2.44. The number of nitrogens with one attached hydrogen (secondary N) is 1. The lowest BCUT2D eigenvalue weighted by atomic mass is 10.0. The van der Waals surface area contributed by atoms with Crippen molar-refractivity contribution in [1.82, 2.24) is 5.32 Å². The number of aryl methyl sites for hydroxylation is 1. The van der Waals surface area contributed by atoms with E-state index in [9.17, 15) is 9.59 Å². The van der Waals surface area contributed by atoms with Crippen molar-refractivity contribution >= 4 is 34.8 Å². The fourth-order valence-electron chi connectivity index (χ4n) is 1.30. The Labute approximate surface area is 109 Å². The van der Waals surface area contributed by atoms with Crippen LogP contribution in [0.15, 0.2) is 5.38 Å². The van der Waals surface area contributed by atoms with Crippen molar-refractivity contribution in [1.29, 1.82) is 0 Å². The maximum Gasteiger partial charge on any atom is 0.326 e. The van der Waals surface area contributed by atoms with Crippen LogP contribution < -0.4 is 5.32 Å². The van der Waals surface area contributed by atoms with Crippen LogP contribution in [0.4, 0.5) is 0 Å². The van der Waals surface area contributed by atoms with Gasteiger partial charge in [0.2, 0.25) is 0 Å². The maximum atomic E-state index is 11.8. The Morgan fingerprint density at radius 2 is 2.06 bits per heavy atom. The van der Waals surface area contributed by atoms with E-state index < -0.39 is 17.9 Å². The third-order valence-electron chi connectivity index (χ3n) is 2.32. The summed E-state index contributed by atoms with van der Waals surface area (Å²) in [5.74, 6) is -1.66. The van der Waals surface area contributed by atoms with Gasteiger partial charge in [0, 0.05) is 0 Å². The van der Waals surface area contributed by atoms with Crippen LogP contribution in [-0.2, 0) is 4.79 Å². The van der Waals surface area contributed by atoms with Crippen LogP contribution in [0.25, 0.3) is 0 Å². The minimum atomic E-state index is -1.04. The van der Waals surface area contributed by atoms with Crippen molar-refractivity contribution in [3.8, 4) is 0 Å². The second kappa shape index (κ2) is 5.51. The Morgan fingerprint density at radius 3 is 2.41 bits per heavy atom. The first-order chi connectivity index (χ1) is 7.84. The first-order valence-corrected chi connectivity index (χ1v) is 6.37. The van der Waals surface area contributed by atoms with Gasteiger partial charge in [0.1, 0.15) is 10.9 Å². The van der Waals surface area contributed by atoms with E-state index in [0.29, 0.717) is 9.90 Å². The topological polar surface area (TPSA) is 66.4 Å².